The number of hydrogen-bond acceptors (Lipinski definition) is 5. The molecule has 0 spiro atoms. The average Bonchev–Trinajstić information content (AvgIpc) is 2.87. The number of sulfonamides is 1. The zero-order chi connectivity index (χ0) is 24.1. The van der Waals surface area contributed by atoms with Crippen LogP contribution in [0.2, 0.25) is 0 Å². The summed E-state index contributed by atoms with van der Waals surface area (Å²) in [6, 6.07) is 23.1. The van der Waals surface area contributed by atoms with Gasteiger partial charge in [0.15, 0.2) is 5.76 Å². The third-order valence-corrected chi connectivity index (χ3v) is 7.44. The van der Waals surface area contributed by atoms with Crippen LogP contribution >= 0.6 is 0 Å². The maximum Gasteiger partial charge on any atom is 0.343 e. The standard InChI is InChI=1S/C27H25NO5S/c1-2-3-12-19-28-24(25(29)20-13-6-4-7-14-20)26(33-27(30)21-15-8-5-9-16-21)22-17-10-11-18-23(22)34(28,31)32/h4-11,13-18H,2-3,12,19H2,1H3. The molecule has 0 amide bonds. The summed E-state index contributed by atoms with van der Waals surface area (Å²) < 4.78 is 34.2. The Labute approximate surface area is 199 Å². The number of esters is 1. The van der Waals surface area contributed by atoms with Gasteiger partial charge in [0.25, 0.3) is 10.0 Å². The molecule has 0 aliphatic carbocycles. The minimum Gasteiger partial charge on any atom is -0.420 e. The molecule has 6 nitrogen and oxygen atoms in total. The lowest BCUT2D eigenvalue weighted by molar-refractivity contribution is 0.0685. The van der Waals surface area contributed by atoms with Crippen molar-refractivity contribution in [3.8, 4) is 0 Å². The van der Waals surface area contributed by atoms with Crippen LogP contribution in [-0.2, 0) is 14.8 Å². The molecule has 7 heteroatoms. The van der Waals surface area contributed by atoms with Gasteiger partial charge in [-0.25, -0.2) is 13.2 Å². The number of Topliss-reactive ketones (excluding diaryl/α,β-unsaturated/α-hetero) is 1. The van der Waals surface area contributed by atoms with E-state index in [0.717, 1.165) is 17.1 Å². The lowest BCUT2D eigenvalue weighted by Crippen LogP contribution is -2.39. The molecule has 0 bridgehead atoms. The molecule has 0 N–H and O–H groups in total. The van der Waals surface area contributed by atoms with Crippen LogP contribution < -0.4 is 0 Å². The smallest absolute Gasteiger partial charge is 0.343 e. The zero-order valence-corrected chi connectivity index (χ0v) is 19.6. The molecule has 0 atom stereocenters. The van der Waals surface area contributed by atoms with E-state index in [1.54, 1.807) is 78.9 Å². The van der Waals surface area contributed by atoms with Crippen molar-refractivity contribution >= 4 is 27.5 Å². The molecule has 34 heavy (non-hydrogen) atoms. The third kappa shape index (κ3) is 4.52. The van der Waals surface area contributed by atoms with Gasteiger partial charge < -0.3 is 4.74 Å². The van der Waals surface area contributed by atoms with E-state index in [0.29, 0.717) is 17.5 Å². The highest BCUT2D eigenvalue weighted by Gasteiger charge is 2.41. The number of unbranched alkanes of at least 4 members (excludes halogenated alkanes) is 2. The van der Waals surface area contributed by atoms with Gasteiger partial charge >= 0.3 is 5.97 Å². The lowest BCUT2D eigenvalue weighted by Gasteiger charge is -2.33. The van der Waals surface area contributed by atoms with Gasteiger partial charge in [0.2, 0.25) is 5.78 Å². The van der Waals surface area contributed by atoms with E-state index in [9.17, 15) is 18.0 Å². The Bertz CT molecular complexity index is 1330. The van der Waals surface area contributed by atoms with E-state index in [1.807, 2.05) is 6.92 Å². The largest absolute Gasteiger partial charge is 0.420 e. The van der Waals surface area contributed by atoms with Crippen molar-refractivity contribution in [2.24, 2.45) is 0 Å². The van der Waals surface area contributed by atoms with Crippen LogP contribution in [0.15, 0.2) is 95.5 Å². The van der Waals surface area contributed by atoms with Gasteiger partial charge in [-0.2, -0.15) is 0 Å². The summed E-state index contributed by atoms with van der Waals surface area (Å²) in [7, 11) is -4.04. The molecule has 174 valence electrons. The number of ketones is 1. The van der Waals surface area contributed by atoms with Gasteiger partial charge in [0.1, 0.15) is 5.70 Å². The van der Waals surface area contributed by atoms with Crippen molar-refractivity contribution in [2.45, 2.75) is 31.1 Å². The summed E-state index contributed by atoms with van der Waals surface area (Å²) in [6.45, 7) is 2.11. The van der Waals surface area contributed by atoms with E-state index in [-0.39, 0.29) is 28.5 Å². The van der Waals surface area contributed by atoms with E-state index in [1.165, 1.54) is 6.07 Å². The summed E-state index contributed by atoms with van der Waals surface area (Å²) in [6.07, 6.45) is 2.23. The maximum absolute atomic E-state index is 13.7. The fraction of sp³-hybridized carbons (Fsp3) is 0.185. The second-order valence-electron chi connectivity index (χ2n) is 7.91. The number of allylic oxidation sites excluding steroid dienone is 1. The molecule has 0 saturated carbocycles. The average molecular weight is 476 g/mol. The predicted molar refractivity (Wildman–Crippen MR) is 129 cm³/mol. The number of carbonyl (C=O) groups is 2. The molecule has 0 aromatic heterocycles. The molecular formula is C27H25NO5S. The van der Waals surface area contributed by atoms with E-state index < -0.39 is 21.8 Å². The van der Waals surface area contributed by atoms with Crippen molar-refractivity contribution < 1.29 is 22.7 Å². The molecule has 0 radical (unpaired) electrons. The first-order valence-corrected chi connectivity index (χ1v) is 12.6. The highest BCUT2D eigenvalue weighted by Crippen LogP contribution is 2.39. The summed E-state index contributed by atoms with van der Waals surface area (Å²) in [5, 5.41) is 0. The van der Waals surface area contributed by atoms with Crippen LogP contribution in [0.5, 0.6) is 0 Å². The van der Waals surface area contributed by atoms with Crippen LogP contribution in [0.3, 0.4) is 0 Å². The van der Waals surface area contributed by atoms with Crippen LogP contribution in [-0.4, -0.2) is 31.0 Å². The van der Waals surface area contributed by atoms with Gasteiger partial charge in [0, 0.05) is 17.7 Å². The summed E-state index contributed by atoms with van der Waals surface area (Å²) in [5.41, 5.74) is 0.647. The number of benzene rings is 3. The monoisotopic (exact) mass is 475 g/mol. The Balaban J connectivity index is 1.93. The molecule has 0 saturated heterocycles. The number of nitrogens with zero attached hydrogens (tertiary/aromatic N) is 1. The van der Waals surface area contributed by atoms with Crippen molar-refractivity contribution in [3.05, 3.63) is 107 Å². The molecule has 0 fully saturated rings. The van der Waals surface area contributed by atoms with E-state index in [2.05, 4.69) is 0 Å². The third-order valence-electron chi connectivity index (χ3n) is 5.58. The van der Waals surface area contributed by atoms with Gasteiger partial charge in [-0.15, -0.1) is 0 Å². The molecule has 3 aromatic rings. The first-order chi connectivity index (χ1) is 16.4. The molecule has 1 aliphatic rings. The van der Waals surface area contributed by atoms with Gasteiger partial charge in [-0.05, 0) is 30.7 Å². The van der Waals surface area contributed by atoms with Gasteiger partial charge in [-0.3, -0.25) is 9.10 Å². The topological polar surface area (TPSA) is 80.8 Å². The van der Waals surface area contributed by atoms with Gasteiger partial charge in [-0.1, -0.05) is 80.4 Å². The minimum atomic E-state index is -4.04. The van der Waals surface area contributed by atoms with Crippen molar-refractivity contribution in [2.75, 3.05) is 6.54 Å². The summed E-state index contributed by atoms with van der Waals surface area (Å²) >= 11 is 0. The van der Waals surface area contributed by atoms with Crippen LogP contribution in [0.1, 0.15) is 52.5 Å². The molecule has 1 heterocycles. The second-order valence-corrected chi connectivity index (χ2v) is 9.74. The highest BCUT2D eigenvalue weighted by molar-refractivity contribution is 7.89. The van der Waals surface area contributed by atoms with E-state index in [4.69, 9.17) is 4.74 Å². The zero-order valence-electron chi connectivity index (χ0n) is 18.8. The van der Waals surface area contributed by atoms with Crippen LogP contribution in [0.25, 0.3) is 5.76 Å². The molecule has 0 unspecified atom stereocenters. The predicted octanol–water partition coefficient (Wildman–Crippen LogP) is 5.29. The maximum atomic E-state index is 13.7. The minimum absolute atomic E-state index is 0.00646. The molecule has 4 rings (SSSR count). The number of carbonyl (C=O) groups excluding carboxylic acids is 2. The Kier molecular flexibility index (Phi) is 6.93. The Hall–Kier alpha value is -3.71. The first-order valence-electron chi connectivity index (χ1n) is 11.2. The van der Waals surface area contributed by atoms with Crippen molar-refractivity contribution in [3.63, 3.8) is 0 Å². The molecule has 1 aliphatic heterocycles. The Morgan fingerprint density at radius 1 is 0.794 bits per heavy atom. The quantitative estimate of drug-likeness (QED) is 0.251. The van der Waals surface area contributed by atoms with Crippen LogP contribution in [0.4, 0.5) is 0 Å². The van der Waals surface area contributed by atoms with Gasteiger partial charge in [0.05, 0.1) is 10.5 Å². The fourth-order valence-corrected chi connectivity index (χ4v) is 5.57. The number of hydrogen-bond donors (Lipinski definition) is 0. The SMILES string of the molecule is CCCCCN1C(C(=O)c2ccccc2)=C(OC(=O)c2ccccc2)c2ccccc2S1(=O)=O. The molecular weight excluding hydrogens is 450 g/mol. The number of fused-ring (bicyclic) bond motifs is 1. The first kappa shape index (κ1) is 23.4. The summed E-state index contributed by atoms with van der Waals surface area (Å²) in [5.74, 6) is -1.24. The Morgan fingerprint density at radius 2 is 1.38 bits per heavy atom. The van der Waals surface area contributed by atoms with Crippen molar-refractivity contribution in [1.82, 2.24) is 4.31 Å². The highest BCUT2D eigenvalue weighted by atomic mass is 32.2. The number of ether oxygens (including phenoxy) is 1. The lowest BCUT2D eigenvalue weighted by atomic mass is 10.0. The Morgan fingerprint density at radius 3 is 2.03 bits per heavy atom. The normalized spacial score (nSPS) is 14.4. The van der Waals surface area contributed by atoms with Crippen LogP contribution in [0, 0.1) is 0 Å². The molecule has 3 aromatic carbocycles. The number of rotatable bonds is 8. The fourth-order valence-electron chi connectivity index (χ4n) is 3.87. The second kappa shape index (κ2) is 10.1. The summed E-state index contributed by atoms with van der Waals surface area (Å²) in [4.78, 5) is 26.7. The van der Waals surface area contributed by atoms with Crippen molar-refractivity contribution in [1.29, 1.82) is 0 Å². The van der Waals surface area contributed by atoms with E-state index >= 15 is 0 Å².